The lowest BCUT2D eigenvalue weighted by molar-refractivity contribution is -0.137. The van der Waals surface area contributed by atoms with E-state index in [1.165, 1.54) is 17.7 Å². The van der Waals surface area contributed by atoms with Crippen LogP contribution in [0.25, 0.3) is 11.1 Å². The number of alkyl halides is 3. The van der Waals surface area contributed by atoms with Crippen LogP contribution in [0.2, 0.25) is 0 Å². The molecule has 1 aliphatic rings. The van der Waals surface area contributed by atoms with Crippen LogP contribution in [-0.2, 0) is 19.3 Å². The second-order valence-corrected chi connectivity index (χ2v) is 7.42. The zero-order chi connectivity index (χ0) is 21.1. The molecule has 0 aliphatic carbocycles. The summed E-state index contributed by atoms with van der Waals surface area (Å²) in [6, 6.07) is 9.02. The van der Waals surface area contributed by atoms with Crippen LogP contribution < -0.4 is 4.90 Å². The Hall–Kier alpha value is -2.87. The summed E-state index contributed by atoms with van der Waals surface area (Å²) in [5, 5.41) is 4.33. The Balaban J connectivity index is 1.45. The average Bonchev–Trinajstić information content (AvgIpc) is 3.21. The molecule has 1 fully saturated rings. The van der Waals surface area contributed by atoms with Crippen molar-refractivity contribution in [3.8, 4) is 11.1 Å². The molecule has 4 rings (SSSR count). The second kappa shape index (κ2) is 8.47. The first-order valence-corrected chi connectivity index (χ1v) is 10.1. The van der Waals surface area contributed by atoms with Gasteiger partial charge in [-0.15, -0.1) is 0 Å². The summed E-state index contributed by atoms with van der Waals surface area (Å²) in [6.07, 6.45) is 1.39. The Morgan fingerprint density at radius 3 is 2.37 bits per heavy atom. The predicted octanol–water partition coefficient (Wildman–Crippen LogP) is 4.31. The molecule has 1 aromatic carbocycles. The third-order valence-electron chi connectivity index (χ3n) is 5.40. The number of nitrogens with zero attached hydrogens (tertiary/aromatic N) is 5. The number of benzene rings is 1. The van der Waals surface area contributed by atoms with Crippen LogP contribution in [0.15, 0.2) is 55.0 Å². The Bertz CT molecular complexity index is 973. The number of piperazine rings is 1. The van der Waals surface area contributed by atoms with Gasteiger partial charge in [-0.25, -0.2) is 4.98 Å². The number of hydrogen-bond donors (Lipinski definition) is 0. The maximum absolute atomic E-state index is 12.9. The molecule has 3 aromatic rings. The Kier molecular flexibility index (Phi) is 5.76. The minimum Gasteiger partial charge on any atom is -0.354 e. The number of aromatic nitrogens is 3. The molecule has 158 valence electrons. The fraction of sp³-hybridized carbons (Fsp3) is 0.364. The van der Waals surface area contributed by atoms with Crippen molar-refractivity contribution < 1.29 is 13.2 Å². The van der Waals surface area contributed by atoms with Crippen molar-refractivity contribution in [2.45, 2.75) is 26.2 Å². The van der Waals surface area contributed by atoms with Gasteiger partial charge in [-0.1, -0.05) is 12.1 Å². The van der Waals surface area contributed by atoms with Gasteiger partial charge < -0.3 is 4.90 Å². The number of hydrogen-bond acceptors (Lipinski definition) is 4. The first-order chi connectivity index (χ1) is 14.4. The highest BCUT2D eigenvalue weighted by molar-refractivity contribution is 5.76. The third-order valence-corrected chi connectivity index (χ3v) is 5.40. The molecular formula is C22H24F3N5. The molecule has 0 bridgehead atoms. The summed E-state index contributed by atoms with van der Waals surface area (Å²) in [7, 11) is 0. The van der Waals surface area contributed by atoms with E-state index < -0.39 is 11.7 Å². The van der Waals surface area contributed by atoms with Crippen LogP contribution >= 0.6 is 0 Å². The fourth-order valence-corrected chi connectivity index (χ4v) is 3.75. The van der Waals surface area contributed by atoms with Crippen molar-refractivity contribution in [2.24, 2.45) is 0 Å². The van der Waals surface area contributed by atoms with Gasteiger partial charge >= 0.3 is 6.18 Å². The predicted molar refractivity (Wildman–Crippen MR) is 110 cm³/mol. The van der Waals surface area contributed by atoms with Gasteiger partial charge in [0.1, 0.15) is 5.82 Å². The molecule has 0 spiro atoms. The van der Waals surface area contributed by atoms with E-state index in [0.29, 0.717) is 0 Å². The normalized spacial score (nSPS) is 15.5. The lowest BCUT2D eigenvalue weighted by Crippen LogP contribution is -2.46. The van der Waals surface area contributed by atoms with Crippen LogP contribution in [0.1, 0.15) is 18.1 Å². The fourth-order valence-electron chi connectivity index (χ4n) is 3.75. The number of anilines is 1. The maximum atomic E-state index is 12.9. The minimum absolute atomic E-state index is 0.642. The van der Waals surface area contributed by atoms with Crippen molar-refractivity contribution >= 4 is 5.82 Å². The summed E-state index contributed by atoms with van der Waals surface area (Å²) in [5.41, 5.74) is 2.15. The van der Waals surface area contributed by atoms with Crippen LogP contribution in [0, 0.1) is 0 Å². The van der Waals surface area contributed by atoms with Crippen molar-refractivity contribution in [3.05, 3.63) is 66.1 Å². The van der Waals surface area contributed by atoms with Crippen molar-refractivity contribution in [3.63, 3.8) is 0 Å². The molecule has 30 heavy (non-hydrogen) atoms. The van der Waals surface area contributed by atoms with E-state index in [0.717, 1.165) is 68.3 Å². The van der Waals surface area contributed by atoms with E-state index in [-0.39, 0.29) is 0 Å². The Labute approximate surface area is 173 Å². The number of rotatable bonds is 5. The molecular weight excluding hydrogens is 391 g/mol. The van der Waals surface area contributed by atoms with E-state index in [1.54, 1.807) is 6.20 Å². The lowest BCUT2D eigenvalue weighted by atomic mass is 10.0. The van der Waals surface area contributed by atoms with Crippen LogP contribution in [0.3, 0.4) is 0 Å². The molecule has 0 unspecified atom stereocenters. The third kappa shape index (κ3) is 4.48. The zero-order valence-electron chi connectivity index (χ0n) is 16.8. The summed E-state index contributed by atoms with van der Waals surface area (Å²) >= 11 is 0. The maximum Gasteiger partial charge on any atom is 0.416 e. The Morgan fingerprint density at radius 2 is 1.73 bits per heavy atom. The van der Waals surface area contributed by atoms with Gasteiger partial charge in [0.15, 0.2) is 0 Å². The summed E-state index contributed by atoms with van der Waals surface area (Å²) in [6.45, 7) is 7.19. The van der Waals surface area contributed by atoms with Crippen LogP contribution in [-0.4, -0.2) is 45.8 Å². The topological polar surface area (TPSA) is 37.2 Å². The van der Waals surface area contributed by atoms with Crippen molar-refractivity contribution in [1.29, 1.82) is 0 Å². The Morgan fingerprint density at radius 1 is 1.00 bits per heavy atom. The first-order valence-electron chi connectivity index (χ1n) is 10.1. The van der Waals surface area contributed by atoms with Crippen molar-refractivity contribution in [2.75, 3.05) is 31.1 Å². The molecule has 0 radical (unpaired) electrons. The number of halogens is 3. The molecule has 0 N–H and O–H groups in total. The van der Waals surface area contributed by atoms with E-state index >= 15 is 0 Å². The minimum atomic E-state index is -4.33. The van der Waals surface area contributed by atoms with Gasteiger partial charge in [0.2, 0.25) is 0 Å². The highest BCUT2D eigenvalue weighted by Crippen LogP contribution is 2.33. The lowest BCUT2D eigenvalue weighted by Gasteiger charge is -2.36. The summed E-state index contributed by atoms with van der Waals surface area (Å²) in [5.74, 6) is 0.815. The van der Waals surface area contributed by atoms with Gasteiger partial charge in [0.25, 0.3) is 0 Å². The standard InChI is InChI=1S/C22H24F3N5/c1-2-30-16-17(14-27-30)15-28-10-12-29(13-11-28)21-20(4-3-9-26-21)18-5-7-19(8-6-18)22(23,24)25/h3-9,14,16H,2,10-13,15H2,1H3. The van der Waals surface area contributed by atoms with Crippen LogP contribution in [0.4, 0.5) is 19.0 Å². The van der Waals surface area contributed by atoms with E-state index in [4.69, 9.17) is 0 Å². The number of aryl methyl sites for hydroxylation is 1. The van der Waals surface area contributed by atoms with E-state index in [1.807, 2.05) is 23.0 Å². The highest BCUT2D eigenvalue weighted by atomic mass is 19.4. The molecule has 0 atom stereocenters. The van der Waals surface area contributed by atoms with Gasteiger partial charge in [-0.05, 0) is 36.8 Å². The second-order valence-electron chi connectivity index (χ2n) is 7.42. The summed E-state index contributed by atoms with van der Waals surface area (Å²) in [4.78, 5) is 9.14. The van der Waals surface area contributed by atoms with Gasteiger partial charge in [0.05, 0.1) is 11.8 Å². The first kappa shape index (κ1) is 20.4. The SMILES string of the molecule is CCn1cc(CN2CCN(c3ncccc3-c3ccc(C(F)(F)F)cc3)CC2)cn1. The largest absolute Gasteiger partial charge is 0.416 e. The molecule has 3 heterocycles. The van der Waals surface area contributed by atoms with Gasteiger partial charge in [-0.2, -0.15) is 18.3 Å². The van der Waals surface area contributed by atoms with Crippen molar-refractivity contribution in [1.82, 2.24) is 19.7 Å². The monoisotopic (exact) mass is 415 g/mol. The average molecular weight is 415 g/mol. The molecule has 2 aromatic heterocycles. The van der Waals surface area contributed by atoms with E-state index in [9.17, 15) is 13.2 Å². The van der Waals surface area contributed by atoms with Gasteiger partial charge in [-0.3, -0.25) is 9.58 Å². The van der Waals surface area contributed by atoms with Crippen LogP contribution in [0.5, 0.6) is 0 Å². The molecule has 1 aliphatic heterocycles. The quantitative estimate of drug-likeness (QED) is 0.623. The van der Waals surface area contributed by atoms with Gasteiger partial charge in [0, 0.05) is 62.8 Å². The molecule has 8 heteroatoms. The molecule has 5 nitrogen and oxygen atoms in total. The molecule has 0 saturated carbocycles. The molecule has 1 saturated heterocycles. The highest BCUT2D eigenvalue weighted by Gasteiger charge is 2.30. The zero-order valence-corrected chi connectivity index (χ0v) is 16.8. The molecule has 0 amide bonds. The number of pyridine rings is 1. The van der Waals surface area contributed by atoms with E-state index in [2.05, 4.69) is 33.0 Å². The smallest absolute Gasteiger partial charge is 0.354 e. The summed E-state index contributed by atoms with van der Waals surface area (Å²) < 4.78 is 40.6.